The van der Waals surface area contributed by atoms with Gasteiger partial charge in [-0.15, -0.1) is 21.5 Å². The number of nitrogens with zero attached hydrogens (tertiary/aromatic N) is 2. The van der Waals surface area contributed by atoms with Crippen LogP contribution in [0, 0.1) is 0 Å². The van der Waals surface area contributed by atoms with Crippen molar-refractivity contribution in [1.82, 2.24) is 15.5 Å². The van der Waals surface area contributed by atoms with Gasteiger partial charge in [-0.2, -0.15) is 0 Å². The van der Waals surface area contributed by atoms with Crippen molar-refractivity contribution in [1.29, 1.82) is 0 Å². The van der Waals surface area contributed by atoms with Crippen molar-refractivity contribution >= 4 is 11.3 Å². The van der Waals surface area contributed by atoms with E-state index in [9.17, 15) is 0 Å². The average Bonchev–Trinajstić information content (AvgIpc) is 2.65. The summed E-state index contributed by atoms with van der Waals surface area (Å²) in [5.41, 5.74) is 0. The van der Waals surface area contributed by atoms with Gasteiger partial charge in [0, 0.05) is 24.9 Å². The van der Waals surface area contributed by atoms with Gasteiger partial charge in [0.1, 0.15) is 10.0 Å². The molecule has 2 heterocycles. The van der Waals surface area contributed by atoms with E-state index in [1.807, 2.05) is 11.3 Å². The van der Waals surface area contributed by atoms with Crippen LogP contribution in [0.25, 0.3) is 0 Å². The Bertz CT molecular complexity index is 313. The molecule has 0 atom stereocenters. The van der Waals surface area contributed by atoms with Crippen LogP contribution in [-0.4, -0.2) is 23.3 Å². The molecule has 0 radical (unpaired) electrons. The minimum Gasteiger partial charge on any atom is -0.315 e. The fourth-order valence-electron chi connectivity index (χ4n) is 2.21. The Morgan fingerprint density at radius 2 is 1.64 bits per heavy atom. The van der Waals surface area contributed by atoms with Gasteiger partial charge >= 0.3 is 0 Å². The number of aromatic nitrogens is 2. The molecule has 1 aromatic rings. The van der Waals surface area contributed by atoms with Gasteiger partial charge in [0.05, 0.1) is 0 Å². The maximum Gasteiger partial charge on any atom is 0.123 e. The predicted octanol–water partition coefficient (Wildman–Crippen LogP) is 1.88. The molecular formula is C10H15N3S. The first kappa shape index (κ1) is 8.80. The summed E-state index contributed by atoms with van der Waals surface area (Å²) in [6.45, 7) is 2.19. The molecule has 14 heavy (non-hydrogen) atoms. The molecule has 1 saturated carbocycles. The van der Waals surface area contributed by atoms with E-state index in [0.29, 0.717) is 5.92 Å². The van der Waals surface area contributed by atoms with E-state index in [1.54, 1.807) is 0 Å². The minimum atomic E-state index is 0.655. The fourth-order valence-corrected chi connectivity index (χ4v) is 3.33. The number of hydrogen-bond donors (Lipinski definition) is 1. The molecule has 4 heteroatoms. The second-order valence-corrected chi connectivity index (χ2v) is 5.36. The SMILES string of the molecule is C1CCC(c2nnc(C3CNC3)s2)C1. The van der Waals surface area contributed by atoms with Gasteiger partial charge in [-0.3, -0.25) is 0 Å². The van der Waals surface area contributed by atoms with E-state index in [2.05, 4.69) is 15.5 Å². The van der Waals surface area contributed by atoms with Crippen LogP contribution in [0.5, 0.6) is 0 Å². The summed E-state index contributed by atoms with van der Waals surface area (Å²) in [6, 6.07) is 0. The smallest absolute Gasteiger partial charge is 0.123 e. The first-order valence-electron chi connectivity index (χ1n) is 5.47. The Morgan fingerprint density at radius 1 is 1.00 bits per heavy atom. The van der Waals surface area contributed by atoms with Gasteiger partial charge in [-0.25, -0.2) is 0 Å². The standard InChI is InChI=1S/C10H15N3S/c1-2-4-7(3-1)9-12-13-10(14-9)8-5-11-6-8/h7-8,11H,1-6H2. The van der Waals surface area contributed by atoms with Crippen molar-refractivity contribution in [2.75, 3.05) is 13.1 Å². The van der Waals surface area contributed by atoms with E-state index in [1.165, 1.54) is 35.7 Å². The highest BCUT2D eigenvalue weighted by Gasteiger charge is 2.26. The lowest BCUT2D eigenvalue weighted by atomic mass is 10.1. The van der Waals surface area contributed by atoms with Crippen molar-refractivity contribution in [2.45, 2.75) is 37.5 Å². The van der Waals surface area contributed by atoms with Crippen molar-refractivity contribution in [3.63, 3.8) is 0 Å². The monoisotopic (exact) mass is 209 g/mol. The van der Waals surface area contributed by atoms with Gasteiger partial charge < -0.3 is 5.32 Å². The van der Waals surface area contributed by atoms with E-state index >= 15 is 0 Å². The largest absolute Gasteiger partial charge is 0.315 e. The maximum absolute atomic E-state index is 4.34. The quantitative estimate of drug-likeness (QED) is 0.808. The molecule has 76 valence electrons. The molecule has 1 saturated heterocycles. The zero-order valence-corrected chi connectivity index (χ0v) is 9.02. The van der Waals surface area contributed by atoms with E-state index in [4.69, 9.17) is 0 Å². The summed E-state index contributed by atoms with van der Waals surface area (Å²) < 4.78 is 0. The van der Waals surface area contributed by atoms with Crippen LogP contribution in [0.4, 0.5) is 0 Å². The molecule has 3 rings (SSSR count). The maximum atomic E-state index is 4.34. The summed E-state index contributed by atoms with van der Waals surface area (Å²) in [7, 11) is 0. The summed E-state index contributed by atoms with van der Waals surface area (Å²) in [4.78, 5) is 0. The Kier molecular flexibility index (Phi) is 2.25. The van der Waals surface area contributed by atoms with Crippen molar-refractivity contribution < 1.29 is 0 Å². The van der Waals surface area contributed by atoms with Gasteiger partial charge in [-0.1, -0.05) is 12.8 Å². The molecule has 0 spiro atoms. The highest BCUT2D eigenvalue weighted by atomic mass is 32.1. The highest BCUT2D eigenvalue weighted by Crippen LogP contribution is 2.36. The van der Waals surface area contributed by atoms with Gasteiger partial charge in [0.15, 0.2) is 0 Å². The van der Waals surface area contributed by atoms with Crippen LogP contribution >= 0.6 is 11.3 Å². The third-order valence-corrected chi connectivity index (χ3v) is 4.54. The lowest BCUT2D eigenvalue weighted by Gasteiger charge is -2.24. The van der Waals surface area contributed by atoms with E-state index in [-0.39, 0.29) is 0 Å². The molecule has 2 fully saturated rings. The molecule has 2 aliphatic rings. The molecule has 0 aromatic carbocycles. The Morgan fingerprint density at radius 3 is 2.21 bits per heavy atom. The molecular weight excluding hydrogens is 194 g/mol. The summed E-state index contributed by atoms with van der Waals surface area (Å²) >= 11 is 1.85. The zero-order valence-electron chi connectivity index (χ0n) is 8.20. The average molecular weight is 209 g/mol. The van der Waals surface area contributed by atoms with E-state index in [0.717, 1.165) is 19.0 Å². The lowest BCUT2D eigenvalue weighted by molar-refractivity contribution is 0.444. The third kappa shape index (κ3) is 1.46. The van der Waals surface area contributed by atoms with Crippen molar-refractivity contribution in [2.24, 2.45) is 0 Å². The number of nitrogens with one attached hydrogen (secondary N) is 1. The number of rotatable bonds is 2. The highest BCUT2D eigenvalue weighted by molar-refractivity contribution is 7.11. The van der Waals surface area contributed by atoms with Gasteiger partial charge in [0.2, 0.25) is 0 Å². The molecule has 0 amide bonds. The van der Waals surface area contributed by atoms with Crippen molar-refractivity contribution in [3.05, 3.63) is 10.0 Å². The van der Waals surface area contributed by atoms with Crippen LogP contribution in [-0.2, 0) is 0 Å². The Balaban J connectivity index is 1.75. The molecule has 3 nitrogen and oxygen atoms in total. The summed E-state index contributed by atoms with van der Waals surface area (Å²) in [5, 5.41) is 14.5. The third-order valence-electron chi connectivity index (χ3n) is 3.29. The van der Waals surface area contributed by atoms with Gasteiger partial charge in [0.25, 0.3) is 0 Å². The zero-order chi connectivity index (χ0) is 9.38. The lowest BCUT2D eigenvalue weighted by Crippen LogP contribution is -2.39. The van der Waals surface area contributed by atoms with Crippen molar-refractivity contribution in [3.8, 4) is 0 Å². The minimum absolute atomic E-state index is 0.655. The van der Waals surface area contributed by atoms with Crippen LogP contribution in [0.2, 0.25) is 0 Å². The molecule has 1 aromatic heterocycles. The number of hydrogen-bond acceptors (Lipinski definition) is 4. The topological polar surface area (TPSA) is 37.8 Å². The summed E-state index contributed by atoms with van der Waals surface area (Å²) in [6.07, 6.45) is 5.42. The molecule has 1 N–H and O–H groups in total. The first-order valence-corrected chi connectivity index (χ1v) is 6.29. The normalized spacial score (nSPS) is 24.0. The second-order valence-electron chi connectivity index (χ2n) is 4.32. The molecule has 1 aliphatic carbocycles. The fraction of sp³-hybridized carbons (Fsp3) is 0.800. The van der Waals surface area contributed by atoms with Crippen LogP contribution in [0.3, 0.4) is 0 Å². The molecule has 1 aliphatic heterocycles. The predicted molar refractivity (Wildman–Crippen MR) is 56.7 cm³/mol. The van der Waals surface area contributed by atoms with Crippen LogP contribution < -0.4 is 5.32 Å². The molecule has 0 unspecified atom stereocenters. The van der Waals surface area contributed by atoms with Crippen LogP contribution in [0.1, 0.15) is 47.5 Å². The van der Waals surface area contributed by atoms with E-state index < -0.39 is 0 Å². The summed E-state index contributed by atoms with van der Waals surface area (Å²) in [5.74, 6) is 1.39. The first-order chi connectivity index (χ1) is 6.93. The Labute approximate surface area is 87.9 Å². The second kappa shape index (κ2) is 3.59. The molecule has 0 bridgehead atoms. The van der Waals surface area contributed by atoms with Gasteiger partial charge in [-0.05, 0) is 12.8 Å². The van der Waals surface area contributed by atoms with Crippen LogP contribution in [0.15, 0.2) is 0 Å². The Hall–Kier alpha value is -0.480.